The van der Waals surface area contributed by atoms with Gasteiger partial charge in [0.2, 0.25) is 0 Å². The molecule has 2 heterocycles. The number of carbonyl (C=O) groups is 1. The lowest BCUT2D eigenvalue weighted by Crippen LogP contribution is -2.26. The molecule has 0 fully saturated rings. The Hall–Kier alpha value is -3.03. The van der Waals surface area contributed by atoms with Crippen molar-refractivity contribution in [2.75, 3.05) is 11.9 Å². The fourth-order valence-corrected chi connectivity index (χ4v) is 1.80. The van der Waals surface area contributed by atoms with E-state index in [2.05, 4.69) is 15.3 Å². The van der Waals surface area contributed by atoms with Crippen LogP contribution in [-0.4, -0.2) is 33.5 Å². The topological polar surface area (TPSA) is 107 Å². The summed E-state index contributed by atoms with van der Waals surface area (Å²) in [5.41, 5.74) is 0.357. The van der Waals surface area contributed by atoms with Gasteiger partial charge in [-0.2, -0.15) is 0 Å². The summed E-state index contributed by atoms with van der Waals surface area (Å²) in [6.45, 7) is 2.10. The summed E-state index contributed by atoms with van der Waals surface area (Å²) in [5, 5.41) is 13.7. The molecule has 1 unspecified atom stereocenters. The predicted molar refractivity (Wildman–Crippen MR) is 83.1 cm³/mol. The van der Waals surface area contributed by atoms with Crippen LogP contribution in [0.1, 0.15) is 23.7 Å². The number of pyridine rings is 2. The number of rotatable bonds is 7. The normalized spacial score (nSPS) is 11.5. The summed E-state index contributed by atoms with van der Waals surface area (Å²) in [5.74, 6) is 0.0618. The van der Waals surface area contributed by atoms with Gasteiger partial charge in [0.05, 0.1) is 16.5 Å². The van der Waals surface area contributed by atoms with Crippen molar-refractivity contribution in [3.05, 3.63) is 58.5 Å². The van der Waals surface area contributed by atoms with E-state index in [0.29, 0.717) is 17.8 Å². The van der Waals surface area contributed by atoms with Crippen molar-refractivity contribution >= 4 is 17.5 Å². The summed E-state index contributed by atoms with van der Waals surface area (Å²) >= 11 is 0. The smallest absolute Gasteiger partial charge is 0.338 e. The molecule has 0 aliphatic heterocycles. The third-order valence-corrected chi connectivity index (χ3v) is 3.14. The van der Waals surface area contributed by atoms with Gasteiger partial charge in [0.15, 0.2) is 0 Å². The van der Waals surface area contributed by atoms with Crippen LogP contribution in [0, 0.1) is 10.1 Å². The van der Waals surface area contributed by atoms with Gasteiger partial charge in [0.25, 0.3) is 5.69 Å². The molecule has 2 aromatic heterocycles. The van der Waals surface area contributed by atoms with Crippen LogP contribution < -0.4 is 5.32 Å². The molecular weight excluding hydrogens is 300 g/mol. The largest absolute Gasteiger partial charge is 0.460 e. The highest BCUT2D eigenvalue weighted by molar-refractivity contribution is 5.89. The molecule has 0 amide bonds. The summed E-state index contributed by atoms with van der Waals surface area (Å²) in [4.78, 5) is 29.8. The number of nitro groups is 1. The van der Waals surface area contributed by atoms with E-state index < -0.39 is 10.9 Å². The predicted octanol–water partition coefficient (Wildman–Crippen LogP) is 2.43. The van der Waals surface area contributed by atoms with Crippen molar-refractivity contribution in [1.29, 1.82) is 0 Å². The van der Waals surface area contributed by atoms with E-state index in [1.165, 1.54) is 30.7 Å². The highest BCUT2D eigenvalue weighted by Crippen LogP contribution is 2.13. The van der Waals surface area contributed by atoms with Gasteiger partial charge in [-0.3, -0.25) is 15.1 Å². The van der Waals surface area contributed by atoms with Crippen LogP contribution in [0.3, 0.4) is 0 Å². The van der Waals surface area contributed by atoms with Gasteiger partial charge >= 0.3 is 5.97 Å². The maximum atomic E-state index is 11.9. The maximum Gasteiger partial charge on any atom is 0.338 e. The zero-order valence-electron chi connectivity index (χ0n) is 12.5. The Labute approximate surface area is 132 Å². The molecule has 0 saturated carbocycles. The molecule has 0 aliphatic carbocycles. The van der Waals surface area contributed by atoms with Crippen molar-refractivity contribution in [1.82, 2.24) is 9.97 Å². The van der Waals surface area contributed by atoms with E-state index in [-0.39, 0.29) is 18.3 Å². The second kappa shape index (κ2) is 7.83. The fraction of sp³-hybridized carbons (Fsp3) is 0.267. The number of nitrogens with zero attached hydrogens (tertiary/aromatic N) is 3. The lowest BCUT2D eigenvalue weighted by Gasteiger charge is -2.17. The first-order chi connectivity index (χ1) is 11.1. The number of hydrogen-bond acceptors (Lipinski definition) is 7. The fourth-order valence-electron chi connectivity index (χ4n) is 1.80. The standard InChI is InChI=1S/C15H16N4O4/c1-2-12(10-23-15(20)11-5-7-16-8-6-11)18-14-4-3-13(9-17-14)19(21)22/h3-9,12H,2,10H2,1H3,(H,17,18). The quantitative estimate of drug-likeness (QED) is 0.475. The number of carbonyl (C=O) groups excluding carboxylic acids is 1. The average Bonchev–Trinajstić information content (AvgIpc) is 2.59. The minimum absolute atomic E-state index is 0.0762. The summed E-state index contributed by atoms with van der Waals surface area (Å²) < 4.78 is 5.25. The molecule has 8 heteroatoms. The van der Waals surface area contributed by atoms with Crippen molar-refractivity contribution in [2.24, 2.45) is 0 Å². The average molecular weight is 316 g/mol. The second-order valence-corrected chi connectivity index (χ2v) is 4.74. The lowest BCUT2D eigenvalue weighted by atomic mass is 10.2. The number of ether oxygens (including phenoxy) is 1. The second-order valence-electron chi connectivity index (χ2n) is 4.74. The minimum Gasteiger partial charge on any atom is -0.460 e. The van der Waals surface area contributed by atoms with Crippen LogP contribution in [0.25, 0.3) is 0 Å². The van der Waals surface area contributed by atoms with Crippen molar-refractivity contribution in [2.45, 2.75) is 19.4 Å². The monoisotopic (exact) mass is 316 g/mol. The zero-order valence-corrected chi connectivity index (χ0v) is 12.5. The Morgan fingerprint density at radius 3 is 2.65 bits per heavy atom. The molecule has 1 N–H and O–H groups in total. The first kappa shape index (κ1) is 16.3. The van der Waals surface area contributed by atoms with Gasteiger partial charge in [-0.1, -0.05) is 6.92 Å². The van der Waals surface area contributed by atoms with Gasteiger partial charge in [0.1, 0.15) is 18.6 Å². The molecule has 8 nitrogen and oxygen atoms in total. The van der Waals surface area contributed by atoms with Crippen LogP contribution in [0.5, 0.6) is 0 Å². The van der Waals surface area contributed by atoms with E-state index in [0.717, 1.165) is 0 Å². The Balaban J connectivity index is 1.90. The van der Waals surface area contributed by atoms with E-state index in [9.17, 15) is 14.9 Å². The summed E-state index contributed by atoms with van der Waals surface area (Å²) in [6, 6.07) is 5.90. The third kappa shape index (κ3) is 4.73. The van der Waals surface area contributed by atoms with E-state index in [4.69, 9.17) is 4.74 Å². The SMILES string of the molecule is CCC(COC(=O)c1ccncc1)Nc1ccc([N+](=O)[O-])cn1. The Bertz CT molecular complexity index is 661. The molecule has 2 aromatic rings. The molecule has 0 bridgehead atoms. The van der Waals surface area contributed by atoms with E-state index in [1.54, 1.807) is 12.1 Å². The molecule has 23 heavy (non-hydrogen) atoms. The van der Waals surface area contributed by atoms with Crippen molar-refractivity contribution < 1.29 is 14.5 Å². The van der Waals surface area contributed by atoms with E-state index in [1.807, 2.05) is 6.92 Å². The minimum atomic E-state index is -0.509. The van der Waals surface area contributed by atoms with E-state index >= 15 is 0 Å². The highest BCUT2D eigenvalue weighted by atomic mass is 16.6. The summed E-state index contributed by atoms with van der Waals surface area (Å²) in [7, 11) is 0. The molecule has 0 aliphatic rings. The van der Waals surface area contributed by atoms with Crippen LogP contribution in [0.4, 0.5) is 11.5 Å². The lowest BCUT2D eigenvalue weighted by molar-refractivity contribution is -0.385. The molecule has 0 saturated heterocycles. The van der Waals surface area contributed by atoms with Gasteiger partial charge in [-0.25, -0.2) is 9.78 Å². The number of aromatic nitrogens is 2. The number of esters is 1. The first-order valence-corrected chi connectivity index (χ1v) is 7.04. The zero-order chi connectivity index (χ0) is 16.7. The molecule has 1 atom stereocenters. The molecule has 0 spiro atoms. The number of nitrogens with one attached hydrogen (secondary N) is 1. The Morgan fingerprint density at radius 2 is 2.09 bits per heavy atom. The van der Waals surface area contributed by atoms with Gasteiger partial charge in [0, 0.05) is 18.5 Å². The number of anilines is 1. The molecular formula is C15H16N4O4. The highest BCUT2D eigenvalue weighted by Gasteiger charge is 2.13. The maximum absolute atomic E-state index is 11.9. The van der Waals surface area contributed by atoms with Crippen molar-refractivity contribution in [3.8, 4) is 0 Å². The van der Waals surface area contributed by atoms with Gasteiger partial charge in [-0.15, -0.1) is 0 Å². The number of hydrogen-bond donors (Lipinski definition) is 1. The Kier molecular flexibility index (Phi) is 5.56. The third-order valence-electron chi connectivity index (χ3n) is 3.14. The van der Waals surface area contributed by atoms with Crippen LogP contribution in [-0.2, 0) is 4.74 Å². The van der Waals surface area contributed by atoms with Gasteiger partial charge < -0.3 is 10.1 Å². The first-order valence-electron chi connectivity index (χ1n) is 7.04. The summed E-state index contributed by atoms with van der Waals surface area (Å²) in [6.07, 6.45) is 4.92. The molecule has 0 radical (unpaired) electrons. The van der Waals surface area contributed by atoms with Crippen LogP contribution in [0.2, 0.25) is 0 Å². The Morgan fingerprint density at radius 1 is 1.35 bits per heavy atom. The van der Waals surface area contributed by atoms with Gasteiger partial charge in [-0.05, 0) is 24.6 Å². The van der Waals surface area contributed by atoms with Crippen LogP contribution in [0.15, 0.2) is 42.9 Å². The molecule has 120 valence electrons. The molecule has 2 rings (SSSR count). The molecule has 0 aromatic carbocycles. The van der Waals surface area contributed by atoms with Crippen molar-refractivity contribution in [3.63, 3.8) is 0 Å². The van der Waals surface area contributed by atoms with Crippen LogP contribution >= 0.6 is 0 Å².